The van der Waals surface area contributed by atoms with Crippen molar-refractivity contribution in [3.8, 4) is 0 Å². The Labute approximate surface area is 129 Å². The third kappa shape index (κ3) is 3.16. The molecule has 0 aromatic heterocycles. The molecule has 120 valence electrons. The number of carbonyl (C=O) groups is 1. The molecule has 1 N–H and O–H groups in total. The number of rotatable bonds is 6. The van der Waals surface area contributed by atoms with Crippen molar-refractivity contribution in [2.24, 2.45) is 0 Å². The van der Waals surface area contributed by atoms with Crippen LogP contribution in [0.15, 0.2) is 29.2 Å². The first-order chi connectivity index (χ1) is 10.5. The summed E-state index contributed by atoms with van der Waals surface area (Å²) in [6.45, 7) is 0.192. The molecule has 3 rings (SSSR count). The van der Waals surface area contributed by atoms with Crippen molar-refractivity contribution in [1.82, 2.24) is 4.31 Å². The maximum Gasteiger partial charge on any atom is 0.329 e. The molecule has 2 aliphatic rings. The van der Waals surface area contributed by atoms with Crippen LogP contribution in [0.1, 0.15) is 30.7 Å². The maximum atomic E-state index is 12.8. The Bertz CT molecular complexity index is 668. The monoisotopic (exact) mass is 325 g/mol. The van der Waals surface area contributed by atoms with Gasteiger partial charge in [0.15, 0.2) is 0 Å². The van der Waals surface area contributed by atoms with Crippen LogP contribution in [0.25, 0.3) is 0 Å². The summed E-state index contributed by atoms with van der Waals surface area (Å²) in [6, 6.07) is 7.16. The van der Waals surface area contributed by atoms with Crippen LogP contribution in [0, 0.1) is 0 Å². The van der Waals surface area contributed by atoms with E-state index in [2.05, 4.69) is 0 Å². The standard InChI is InChI=1S/C15H19NO5S/c17-15(18)10-21-12-7-8-16(9-12)22(19,20)14-4-2-1-3-13(14)11-5-6-11/h1-4,11-12H,5-10H2,(H,17,18)/t12-/m0/s1. The Hall–Kier alpha value is -1.44. The second-order valence-corrected chi connectivity index (χ2v) is 7.70. The van der Waals surface area contributed by atoms with Crippen molar-refractivity contribution >= 4 is 16.0 Å². The lowest BCUT2D eigenvalue weighted by atomic mass is 10.1. The van der Waals surface area contributed by atoms with Crippen molar-refractivity contribution in [2.75, 3.05) is 19.7 Å². The van der Waals surface area contributed by atoms with Crippen LogP contribution in [0.2, 0.25) is 0 Å². The molecule has 1 aromatic carbocycles. The maximum absolute atomic E-state index is 12.8. The van der Waals surface area contributed by atoms with Crippen LogP contribution in [-0.2, 0) is 19.6 Å². The van der Waals surface area contributed by atoms with E-state index in [9.17, 15) is 13.2 Å². The van der Waals surface area contributed by atoms with E-state index in [4.69, 9.17) is 9.84 Å². The zero-order valence-electron chi connectivity index (χ0n) is 12.1. The zero-order valence-corrected chi connectivity index (χ0v) is 13.0. The summed E-state index contributed by atoms with van der Waals surface area (Å²) >= 11 is 0. The summed E-state index contributed by atoms with van der Waals surface area (Å²) in [4.78, 5) is 10.9. The minimum atomic E-state index is -3.54. The Kier molecular flexibility index (Phi) is 4.20. The lowest BCUT2D eigenvalue weighted by Gasteiger charge is -2.18. The van der Waals surface area contributed by atoms with E-state index in [1.807, 2.05) is 12.1 Å². The molecule has 0 radical (unpaired) electrons. The third-order valence-corrected chi connectivity index (χ3v) is 6.04. The van der Waals surface area contributed by atoms with Gasteiger partial charge in [0.2, 0.25) is 10.0 Å². The van der Waals surface area contributed by atoms with Crippen molar-refractivity contribution < 1.29 is 23.1 Å². The van der Waals surface area contributed by atoms with E-state index in [1.54, 1.807) is 12.1 Å². The highest BCUT2D eigenvalue weighted by Crippen LogP contribution is 2.43. The van der Waals surface area contributed by atoms with Gasteiger partial charge in [-0.1, -0.05) is 18.2 Å². The fourth-order valence-electron chi connectivity index (χ4n) is 2.83. The van der Waals surface area contributed by atoms with Crippen molar-refractivity contribution in [3.05, 3.63) is 29.8 Å². The Balaban J connectivity index is 1.75. The molecule has 2 fully saturated rings. The molecule has 22 heavy (non-hydrogen) atoms. The van der Waals surface area contributed by atoms with Crippen molar-refractivity contribution in [3.63, 3.8) is 0 Å². The summed E-state index contributed by atoms with van der Waals surface area (Å²) in [5.41, 5.74) is 0.900. The van der Waals surface area contributed by atoms with Crippen molar-refractivity contribution in [1.29, 1.82) is 0 Å². The van der Waals surface area contributed by atoms with Crippen LogP contribution in [-0.4, -0.2) is 49.6 Å². The number of hydrogen-bond donors (Lipinski definition) is 1. The molecule has 1 aromatic rings. The highest BCUT2D eigenvalue weighted by molar-refractivity contribution is 7.89. The van der Waals surface area contributed by atoms with Gasteiger partial charge in [-0.25, -0.2) is 13.2 Å². The van der Waals surface area contributed by atoms with Gasteiger partial charge in [-0.3, -0.25) is 0 Å². The second-order valence-electron chi connectivity index (χ2n) is 5.79. The van der Waals surface area contributed by atoms with Gasteiger partial charge in [-0.2, -0.15) is 4.31 Å². The van der Waals surface area contributed by atoms with Gasteiger partial charge < -0.3 is 9.84 Å². The van der Waals surface area contributed by atoms with E-state index in [-0.39, 0.29) is 12.6 Å². The molecule has 0 spiro atoms. The minimum Gasteiger partial charge on any atom is -0.480 e. The highest BCUT2D eigenvalue weighted by Gasteiger charge is 2.37. The van der Waals surface area contributed by atoms with Gasteiger partial charge >= 0.3 is 5.97 Å². The normalized spacial score (nSPS) is 22.8. The lowest BCUT2D eigenvalue weighted by Crippen LogP contribution is -2.31. The highest BCUT2D eigenvalue weighted by atomic mass is 32.2. The van der Waals surface area contributed by atoms with E-state index < -0.39 is 22.6 Å². The SMILES string of the molecule is O=C(O)CO[C@H]1CCN(S(=O)(=O)c2ccccc2C2CC2)C1. The molecule has 6 nitrogen and oxygen atoms in total. The molecule has 0 amide bonds. The fourth-order valence-corrected chi connectivity index (χ4v) is 4.60. The van der Waals surface area contributed by atoms with Gasteiger partial charge in [0.05, 0.1) is 11.0 Å². The fraction of sp³-hybridized carbons (Fsp3) is 0.533. The zero-order chi connectivity index (χ0) is 15.7. The molecular formula is C15H19NO5S. The minimum absolute atomic E-state index is 0.217. The first-order valence-corrected chi connectivity index (χ1v) is 8.85. The quantitative estimate of drug-likeness (QED) is 0.855. The number of nitrogens with zero attached hydrogens (tertiary/aromatic N) is 1. The van der Waals surface area contributed by atoms with Crippen LogP contribution < -0.4 is 0 Å². The number of hydrogen-bond acceptors (Lipinski definition) is 4. The molecular weight excluding hydrogens is 306 g/mol. The third-order valence-electron chi connectivity index (χ3n) is 4.10. The van der Waals surface area contributed by atoms with E-state index in [1.165, 1.54) is 4.31 Å². The lowest BCUT2D eigenvalue weighted by molar-refractivity contribution is -0.144. The molecule has 7 heteroatoms. The average molecular weight is 325 g/mol. The summed E-state index contributed by atoms with van der Waals surface area (Å²) < 4.78 is 32.3. The summed E-state index contributed by atoms with van der Waals surface area (Å²) in [7, 11) is -3.54. The number of carboxylic acids is 1. The smallest absolute Gasteiger partial charge is 0.329 e. The Morgan fingerprint density at radius 2 is 2.00 bits per heavy atom. The van der Waals surface area contributed by atoms with Gasteiger partial charge in [-0.15, -0.1) is 0 Å². The van der Waals surface area contributed by atoms with Gasteiger partial charge in [-0.05, 0) is 36.8 Å². The van der Waals surface area contributed by atoms with E-state index in [0.717, 1.165) is 18.4 Å². The number of sulfonamides is 1. The molecule has 1 aliphatic heterocycles. The molecule has 0 bridgehead atoms. The Morgan fingerprint density at radius 1 is 1.27 bits per heavy atom. The number of carboxylic acid groups (broad SMARTS) is 1. The summed E-state index contributed by atoms with van der Waals surface area (Å²) in [5, 5.41) is 8.63. The Morgan fingerprint density at radius 3 is 2.68 bits per heavy atom. The first-order valence-electron chi connectivity index (χ1n) is 7.41. The van der Waals surface area contributed by atoms with Gasteiger partial charge in [0.1, 0.15) is 6.61 Å². The molecule has 1 heterocycles. The van der Waals surface area contributed by atoms with Crippen LogP contribution >= 0.6 is 0 Å². The topological polar surface area (TPSA) is 83.9 Å². The average Bonchev–Trinajstić information content (AvgIpc) is 3.22. The largest absolute Gasteiger partial charge is 0.480 e. The molecule has 1 aliphatic carbocycles. The summed E-state index contributed by atoms with van der Waals surface area (Å²) in [5.74, 6) is -0.687. The van der Waals surface area contributed by atoms with Gasteiger partial charge in [0, 0.05) is 13.1 Å². The first kappa shape index (κ1) is 15.5. The molecule has 1 saturated carbocycles. The van der Waals surface area contributed by atoms with Crippen LogP contribution in [0.5, 0.6) is 0 Å². The number of benzene rings is 1. The van der Waals surface area contributed by atoms with Crippen LogP contribution in [0.3, 0.4) is 0 Å². The van der Waals surface area contributed by atoms with Gasteiger partial charge in [0.25, 0.3) is 0 Å². The predicted octanol–water partition coefficient (Wildman–Crippen LogP) is 1.43. The second kappa shape index (κ2) is 5.98. The molecule has 1 saturated heterocycles. The molecule has 0 unspecified atom stereocenters. The number of ether oxygens (including phenoxy) is 1. The van der Waals surface area contributed by atoms with Crippen LogP contribution in [0.4, 0.5) is 0 Å². The van der Waals surface area contributed by atoms with E-state index >= 15 is 0 Å². The van der Waals surface area contributed by atoms with E-state index in [0.29, 0.717) is 23.8 Å². The predicted molar refractivity (Wildman–Crippen MR) is 79.2 cm³/mol. The number of aliphatic carboxylic acids is 1. The van der Waals surface area contributed by atoms with Crippen molar-refractivity contribution in [2.45, 2.75) is 36.2 Å². The molecule has 1 atom stereocenters. The summed E-state index contributed by atoms with van der Waals surface area (Å²) in [6.07, 6.45) is 2.25.